The molecule has 0 aliphatic rings. The Labute approximate surface area is 157 Å². The van der Waals surface area contributed by atoms with Crippen LogP contribution in [0.15, 0.2) is 70.2 Å². The number of amides is 1. The van der Waals surface area contributed by atoms with Crippen LogP contribution in [0.5, 0.6) is 0 Å². The minimum Gasteiger partial charge on any atom is -0.453 e. The molecule has 5 nitrogen and oxygen atoms in total. The van der Waals surface area contributed by atoms with Gasteiger partial charge < -0.3 is 4.42 Å². The molecular formula is C19H12ClN3O2S. The van der Waals surface area contributed by atoms with Crippen LogP contribution in [0.25, 0.3) is 21.0 Å². The number of nitrogens with one attached hydrogen (secondary N) is 1. The van der Waals surface area contributed by atoms with E-state index < -0.39 is 0 Å². The fourth-order valence-corrected chi connectivity index (χ4v) is 3.39. The van der Waals surface area contributed by atoms with E-state index in [-0.39, 0.29) is 5.91 Å². The van der Waals surface area contributed by atoms with Gasteiger partial charge in [-0.2, -0.15) is 5.10 Å². The van der Waals surface area contributed by atoms with Crippen LogP contribution in [0.3, 0.4) is 0 Å². The predicted molar refractivity (Wildman–Crippen MR) is 104 cm³/mol. The number of benzene rings is 2. The van der Waals surface area contributed by atoms with E-state index in [4.69, 9.17) is 16.0 Å². The lowest BCUT2D eigenvalue weighted by Crippen LogP contribution is -2.17. The molecule has 2 aromatic carbocycles. The first-order valence-corrected chi connectivity index (χ1v) is 8.93. The zero-order valence-electron chi connectivity index (χ0n) is 13.3. The van der Waals surface area contributed by atoms with Crippen molar-refractivity contribution in [2.24, 2.45) is 5.10 Å². The Morgan fingerprint density at radius 1 is 1.12 bits per heavy atom. The summed E-state index contributed by atoms with van der Waals surface area (Å²) in [7, 11) is 0. The molecule has 26 heavy (non-hydrogen) atoms. The van der Waals surface area contributed by atoms with E-state index in [0.717, 1.165) is 15.2 Å². The van der Waals surface area contributed by atoms with Crippen molar-refractivity contribution >= 4 is 45.3 Å². The summed E-state index contributed by atoms with van der Waals surface area (Å²) in [6.45, 7) is 0. The van der Waals surface area contributed by atoms with Crippen LogP contribution in [0, 0.1) is 0 Å². The van der Waals surface area contributed by atoms with Crippen LogP contribution in [0.1, 0.15) is 16.1 Å². The normalized spacial score (nSPS) is 11.3. The fourth-order valence-electron chi connectivity index (χ4n) is 2.34. The Bertz CT molecular complexity index is 1070. The first-order chi connectivity index (χ1) is 12.7. The predicted octanol–water partition coefficient (Wildman–Crippen LogP) is 4.97. The molecule has 128 valence electrons. The first-order valence-electron chi connectivity index (χ1n) is 7.74. The van der Waals surface area contributed by atoms with Crippen molar-refractivity contribution in [2.45, 2.75) is 0 Å². The van der Waals surface area contributed by atoms with Crippen molar-refractivity contribution in [2.75, 3.05) is 0 Å². The van der Waals surface area contributed by atoms with E-state index in [1.165, 1.54) is 6.21 Å². The minimum absolute atomic E-state index is 0.323. The lowest BCUT2D eigenvalue weighted by Gasteiger charge is -1.99. The number of hydrogen-bond acceptors (Lipinski definition) is 5. The van der Waals surface area contributed by atoms with Crippen LogP contribution in [0.4, 0.5) is 0 Å². The van der Waals surface area contributed by atoms with E-state index in [2.05, 4.69) is 15.5 Å². The fraction of sp³-hybridized carbons (Fsp3) is 0. The van der Waals surface area contributed by atoms with E-state index in [1.807, 2.05) is 30.3 Å². The van der Waals surface area contributed by atoms with E-state index >= 15 is 0 Å². The number of thiazole rings is 1. The van der Waals surface area contributed by atoms with Crippen molar-refractivity contribution in [3.63, 3.8) is 0 Å². The Balaban J connectivity index is 1.45. The van der Waals surface area contributed by atoms with Crippen molar-refractivity contribution in [1.82, 2.24) is 10.4 Å². The zero-order valence-corrected chi connectivity index (χ0v) is 14.9. The number of carbonyl (C=O) groups excluding carboxylic acids is 1. The average Bonchev–Trinajstić information content (AvgIpc) is 3.28. The molecule has 0 atom stereocenters. The molecule has 2 aromatic heterocycles. The molecular weight excluding hydrogens is 370 g/mol. The lowest BCUT2D eigenvalue weighted by molar-refractivity contribution is 0.0955. The summed E-state index contributed by atoms with van der Waals surface area (Å²) in [5.41, 5.74) is 3.86. The maximum Gasteiger partial charge on any atom is 0.271 e. The van der Waals surface area contributed by atoms with Gasteiger partial charge in [-0.05, 0) is 48.5 Å². The maximum absolute atomic E-state index is 12.0. The Morgan fingerprint density at radius 2 is 1.92 bits per heavy atom. The van der Waals surface area contributed by atoms with Gasteiger partial charge in [0.2, 0.25) is 0 Å². The second kappa shape index (κ2) is 7.11. The Hall–Kier alpha value is -2.96. The highest BCUT2D eigenvalue weighted by molar-refractivity contribution is 7.21. The minimum atomic E-state index is -0.323. The monoisotopic (exact) mass is 381 g/mol. The molecule has 0 spiro atoms. The highest BCUT2D eigenvalue weighted by Crippen LogP contribution is 2.30. The third kappa shape index (κ3) is 3.51. The Morgan fingerprint density at radius 3 is 2.73 bits per heavy atom. The topological polar surface area (TPSA) is 67.5 Å². The highest BCUT2D eigenvalue weighted by Gasteiger charge is 2.10. The smallest absolute Gasteiger partial charge is 0.271 e. The van der Waals surface area contributed by atoms with Gasteiger partial charge in [-0.3, -0.25) is 4.79 Å². The van der Waals surface area contributed by atoms with Gasteiger partial charge in [0.1, 0.15) is 5.76 Å². The number of furan rings is 1. The zero-order chi connectivity index (χ0) is 17.9. The van der Waals surface area contributed by atoms with Gasteiger partial charge >= 0.3 is 0 Å². The van der Waals surface area contributed by atoms with Crippen LogP contribution in [-0.2, 0) is 0 Å². The van der Waals surface area contributed by atoms with E-state index in [1.54, 1.807) is 41.7 Å². The summed E-state index contributed by atoms with van der Waals surface area (Å²) in [6, 6.07) is 18.1. The second-order valence-electron chi connectivity index (χ2n) is 5.39. The summed E-state index contributed by atoms with van der Waals surface area (Å²) in [6.07, 6.45) is 1.45. The first kappa shape index (κ1) is 16.5. The molecule has 0 saturated heterocycles. The Kier molecular flexibility index (Phi) is 4.51. The van der Waals surface area contributed by atoms with Gasteiger partial charge in [-0.25, -0.2) is 10.4 Å². The number of hydrazone groups is 1. The lowest BCUT2D eigenvalue weighted by atomic mass is 10.2. The van der Waals surface area contributed by atoms with Crippen molar-refractivity contribution in [3.05, 3.63) is 77.0 Å². The summed E-state index contributed by atoms with van der Waals surface area (Å²) < 4.78 is 6.83. The maximum atomic E-state index is 12.0. The summed E-state index contributed by atoms with van der Waals surface area (Å²) in [5.74, 6) is 0.864. The molecule has 7 heteroatoms. The number of aromatic nitrogens is 1. The van der Waals surface area contributed by atoms with Gasteiger partial charge in [-0.15, -0.1) is 11.3 Å². The SMILES string of the molecule is O=C(N/N=C\c1ccc(-c2nc3ccccc3s2)o1)c1ccc(Cl)cc1. The summed E-state index contributed by atoms with van der Waals surface area (Å²) >= 11 is 7.36. The number of hydrogen-bond donors (Lipinski definition) is 1. The van der Waals surface area contributed by atoms with Crippen molar-refractivity contribution in [3.8, 4) is 10.8 Å². The molecule has 2 heterocycles. The molecule has 0 fully saturated rings. The molecule has 0 aliphatic heterocycles. The van der Waals surface area contributed by atoms with Gasteiger partial charge in [0.25, 0.3) is 5.91 Å². The third-order valence-electron chi connectivity index (χ3n) is 3.60. The van der Waals surface area contributed by atoms with Gasteiger partial charge in [-0.1, -0.05) is 23.7 Å². The molecule has 0 aliphatic carbocycles. The number of halogens is 1. The highest BCUT2D eigenvalue weighted by atomic mass is 35.5. The van der Waals surface area contributed by atoms with Crippen molar-refractivity contribution in [1.29, 1.82) is 0 Å². The van der Waals surface area contributed by atoms with Gasteiger partial charge in [0.05, 0.1) is 16.4 Å². The number of fused-ring (bicyclic) bond motifs is 1. The largest absolute Gasteiger partial charge is 0.453 e. The number of carbonyl (C=O) groups is 1. The van der Waals surface area contributed by atoms with Crippen LogP contribution in [0.2, 0.25) is 5.02 Å². The summed E-state index contributed by atoms with van der Waals surface area (Å²) in [4.78, 5) is 16.5. The molecule has 1 N–H and O–H groups in total. The molecule has 0 bridgehead atoms. The molecule has 0 saturated carbocycles. The molecule has 0 radical (unpaired) electrons. The number of rotatable bonds is 4. The van der Waals surface area contributed by atoms with Crippen molar-refractivity contribution < 1.29 is 9.21 Å². The molecule has 1 amide bonds. The average molecular weight is 382 g/mol. The van der Waals surface area contributed by atoms with Gasteiger partial charge in [0.15, 0.2) is 10.8 Å². The van der Waals surface area contributed by atoms with E-state index in [0.29, 0.717) is 22.1 Å². The van der Waals surface area contributed by atoms with Crippen LogP contribution < -0.4 is 5.43 Å². The molecule has 4 aromatic rings. The third-order valence-corrected chi connectivity index (χ3v) is 4.90. The standard InChI is InChI=1S/C19H12ClN3O2S/c20-13-7-5-12(6-8-13)18(24)23-21-11-14-9-10-16(25-14)19-22-15-3-1-2-4-17(15)26-19/h1-11H,(H,23,24)/b21-11-. The van der Waals surface area contributed by atoms with E-state index in [9.17, 15) is 4.79 Å². The number of para-hydroxylation sites is 1. The van der Waals surface area contributed by atoms with Gasteiger partial charge in [0, 0.05) is 10.6 Å². The van der Waals surface area contributed by atoms with Crippen LogP contribution >= 0.6 is 22.9 Å². The summed E-state index contributed by atoms with van der Waals surface area (Å²) in [5, 5.41) is 5.30. The second-order valence-corrected chi connectivity index (χ2v) is 6.86. The quantitative estimate of drug-likeness (QED) is 0.400. The molecule has 0 unspecified atom stereocenters. The number of nitrogens with zero attached hydrogens (tertiary/aromatic N) is 2. The van der Waals surface area contributed by atoms with Crippen LogP contribution in [-0.4, -0.2) is 17.1 Å². The molecule has 4 rings (SSSR count).